The molecule has 0 aromatic heterocycles. The first-order chi connectivity index (χ1) is 19.3. The Bertz CT molecular complexity index is 1260. The Morgan fingerprint density at radius 1 is 0.902 bits per heavy atom. The van der Waals surface area contributed by atoms with E-state index in [0.29, 0.717) is 39.6 Å². The van der Waals surface area contributed by atoms with Gasteiger partial charge in [0.2, 0.25) is 0 Å². The van der Waals surface area contributed by atoms with Crippen molar-refractivity contribution in [3.8, 4) is 11.5 Å². The van der Waals surface area contributed by atoms with Crippen LogP contribution in [0.1, 0.15) is 111 Å². The molecule has 0 bridgehead atoms. The summed E-state index contributed by atoms with van der Waals surface area (Å²) in [5.74, 6) is 2.42. The molecule has 1 aromatic carbocycles. The maximum Gasteiger partial charge on any atom is 0.331 e. The molecule has 0 aliphatic heterocycles. The molecule has 4 saturated carbocycles. The fourth-order valence-electron chi connectivity index (χ4n) is 11.0. The second kappa shape index (κ2) is 9.91. The van der Waals surface area contributed by atoms with Crippen LogP contribution in [0.15, 0.2) is 35.9 Å². The minimum atomic E-state index is -0.329. The first-order valence-electron chi connectivity index (χ1n) is 16.4. The molecule has 0 amide bonds. The van der Waals surface area contributed by atoms with E-state index >= 15 is 0 Å². The molecule has 0 heterocycles. The number of hydrogen-bond acceptors (Lipinski definition) is 4. The van der Waals surface area contributed by atoms with Gasteiger partial charge >= 0.3 is 5.97 Å². The topological polar surface area (TPSA) is 66.8 Å². The van der Waals surface area contributed by atoms with Gasteiger partial charge in [-0.25, -0.2) is 4.79 Å². The number of aromatic hydroxyl groups is 2. The van der Waals surface area contributed by atoms with E-state index in [4.69, 9.17) is 4.74 Å². The zero-order valence-electron chi connectivity index (χ0n) is 26.2. The number of fused-ring (bicyclic) bond motifs is 7. The van der Waals surface area contributed by atoms with Gasteiger partial charge in [-0.3, -0.25) is 0 Å². The Morgan fingerprint density at radius 3 is 2.41 bits per heavy atom. The third kappa shape index (κ3) is 4.76. The minimum absolute atomic E-state index is 0.0580. The molecule has 2 N–H and O–H groups in total. The summed E-state index contributed by atoms with van der Waals surface area (Å²) in [6, 6.07) is 4.53. The van der Waals surface area contributed by atoms with Crippen LogP contribution in [-0.4, -0.2) is 22.3 Å². The predicted octanol–water partition coefficient (Wildman–Crippen LogP) is 9.06. The van der Waals surface area contributed by atoms with Gasteiger partial charge in [-0.15, -0.1) is 0 Å². The van der Waals surface area contributed by atoms with Gasteiger partial charge in [0.25, 0.3) is 0 Å². The molecule has 5 aliphatic rings. The lowest BCUT2D eigenvalue weighted by atomic mass is 9.38. The lowest BCUT2D eigenvalue weighted by Crippen LogP contribution is -2.59. The van der Waals surface area contributed by atoms with E-state index in [9.17, 15) is 15.0 Å². The molecule has 4 nitrogen and oxygen atoms in total. The predicted molar refractivity (Wildman–Crippen MR) is 164 cm³/mol. The van der Waals surface area contributed by atoms with Crippen molar-refractivity contribution in [2.24, 2.45) is 51.2 Å². The first-order valence-corrected chi connectivity index (χ1v) is 16.4. The maximum atomic E-state index is 12.8. The smallest absolute Gasteiger partial charge is 0.331 e. The number of ether oxygens (including phenoxy) is 1. The standard InChI is InChI=1S/C37H52O4/c1-23-26-14-17-37(6)27-13-16-35(4)20-19-34(2,3)22-28(35)25(27)9-11-32(37)36(26,5)18-15-31(23)41-33(40)12-8-24-7-10-29(38)30(39)21-24/h7-10,12,21,23,26-28,31-32,38-39H,11,13-20,22H2,1-6H3/b12-8+. The molecule has 1 aromatic rings. The Morgan fingerprint density at radius 2 is 1.66 bits per heavy atom. The summed E-state index contributed by atoms with van der Waals surface area (Å²) >= 11 is 0. The Hall–Kier alpha value is -2.23. The SMILES string of the molecule is CC1C(OC(=O)/C=C/c2ccc(O)c(O)c2)CCC2(C)C1CCC1(C)C3CCC4(C)CCC(C)(C)CC4C3=CCC12. The van der Waals surface area contributed by atoms with Crippen molar-refractivity contribution in [2.45, 2.75) is 112 Å². The highest BCUT2D eigenvalue weighted by Crippen LogP contribution is 2.70. The molecule has 5 aliphatic carbocycles. The fourth-order valence-corrected chi connectivity index (χ4v) is 11.0. The van der Waals surface area contributed by atoms with Crippen LogP contribution >= 0.6 is 0 Å². The molecule has 41 heavy (non-hydrogen) atoms. The second-order valence-electron chi connectivity index (χ2n) is 16.3. The fraction of sp³-hybridized carbons (Fsp3) is 0.703. The van der Waals surface area contributed by atoms with E-state index in [0.717, 1.165) is 24.7 Å². The number of hydrogen-bond donors (Lipinski definition) is 2. The van der Waals surface area contributed by atoms with Gasteiger partial charge in [0.1, 0.15) is 6.10 Å². The normalized spacial score (nSPS) is 43.2. The van der Waals surface area contributed by atoms with Crippen LogP contribution in [0, 0.1) is 51.2 Å². The number of phenolic OH excluding ortho intramolecular Hbond substituents is 2. The molecule has 9 atom stereocenters. The molecule has 6 rings (SSSR count). The highest BCUT2D eigenvalue weighted by molar-refractivity contribution is 5.87. The second-order valence-corrected chi connectivity index (χ2v) is 16.3. The highest BCUT2D eigenvalue weighted by atomic mass is 16.5. The van der Waals surface area contributed by atoms with Gasteiger partial charge in [0.15, 0.2) is 11.5 Å². The lowest BCUT2D eigenvalue weighted by Gasteiger charge is -2.66. The molecule has 0 saturated heterocycles. The van der Waals surface area contributed by atoms with Crippen molar-refractivity contribution >= 4 is 12.0 Å². The highest BCUT2D eigenvalue weighted by Gasteiger charge is 2.62. The molecular formula is C37H52O4. The van der Waals surface area contributed by atoms with Gasteiger partial charge in [0, 0.05) is 6.08 Å². The number of rotatable bonds is 3. The van der Waals surface area contributed by atoms with Crippen LogP contribution in [0.5, 0.6) is 11.5 Å². The van der Waals surface area contributed by atoms with Gasteiger partial charge < -0.3 is 14.9 Å². The number of esters is 1. The third-order valence-corrected chi connectivity index (χ3v) is 13.5. The van der Waals surface area contributed by atoms with Crippen molar-refractivity contribution in [2.75, 3.05) is 0 Å². The van der Waals surface area contributed by atoms with Gasteiger partial charge in [-0.2, -0.15) is 0 Å². The monoisotopic (exact) mass is 560 g/mol. The lowest BCUT2D eigenvalue weighted by molar-refractivity contribution is -0.174. The number of benzene rings is 1. The first kappa shape index (κ1) is 28.9. The van der Waals surface area contributed by atoms with Crippen LogP contribution < -0.4 is 0 Å². The average molecular weight is 561 g/mol. The van der Waals surface area contributed by atoms with Crippen LogP contribution in [0.4, 0.5) is 0 Å². The van der Waals surface area contributed by atoms with Crippen LogP contribution in [0.2, 0.25) is 0 Å². The average Bonchev–Trinajstić information content (AvgIpc) is 2.91. The zero-order chi connectivity index (χ0) is 29.4. The summed E-state index contributed by atoms with van der Waals surface area (Å²) in [6.07, 6.45) is 18.5. The van der Waals surface area contributed by atoms with Crippen LogP contribution in [-0.2, 0) is 9.53 Å². The number of carbonyl (C=O) groups excluding carboxylic acids is 1. The summed E-state index contributed by atoms with van der Waals surface area (Å²) in [4.78, 5) is 12.8. The van der Waals surface area contributed by atoms with E-state index in [1.807, 2.05) is 5.57 Å². The molecule has 0 spiro atoms. The zero-order valence-corrected chi connectivity index (χ0v) is 26.2. The summed E-state index contributed by atoms with van der Waals surface area (Å²) in [6.45, 7) is 15.2. The summed E-state index contributed by atoms with van der Waals surface area (Å²) in [5.41, 5.74) is 4.11. The van der Waals surface area contributed by atoms with E-state index in [2.05, 4.69) is 47.6 Å². The molecule has 9 unspecified atom stereocenters. The minimum Gasteiger partial charge on any atom is -0.504 e. The van der Waals surface area contributed by atoms with E-state index in [1.165, 1.54) is 69.6 Å². The summed E-state index contributed by atoms with van der Waals surface area (Å²) in [7, 11) is 0. The molecule has 4 fully saturated rings. The van der Waals surface area contributed by atoms with E-state index in [-0.39, 0.29) is 29.0 Å². The van der Waals surface area contributed by atoms with Crippen molar-refractivity contribution in [1.82, 2.24) is 0 Å². The van der Waals surface area contributed by atoms with Crippen molar-refractivity contribution < 1.29 is 19.7 Å². The van der Waals surface area contributed by atoms with Crippen LogP contribution in [0.25, 0.3) is 6.08 Å². The van der Waals surface area contributed by atoms with Crippen molar-refractivity contribution in [1.29, 1.82) is 0 Å². The van der Waals surface area contributed by atoms with Crippen molar-refractivity contribution in [3.63, 3.8) is 0 Å². The summed E-state index contributed by atoms with van der Waals surface area (Å²) in [5, 5.41) is 19.3. The Kier molecular flexibility index (Phi) is 6.98. The Balaban J connectivity index is 1.18. The van der Waals surface area contributed by atoms with E-state index in [1.54, 1.807) is 12.1 Å². The number of carbonyl (C=O) groups is 1. The maximum absolute atomic E-state index is 12.8. The van der Waals surface area contributed by atoms with E-state index < -0.39 is 0 Å². The van der Waals surface area contributed by atoms with Crippen LogP contribution in [0.3, 0.4) is 0 Å². The molecular weight excluding hydrogens is 508 g/mol. The largest absolute Gasteiger partial charge is 0.504 e. The molecule has 0 radical (unpaired) electrons. The molecule has 4 heteroatoms. The quantitative estimate of drug-likeness (QED) is 0.167. The summed E-state index contributed by atoms with van der Waals surface area (Å²) < 4.78 is 6.06. The number of phenols is 2. The number of allylic oxidation sites excluding steroid dienone is 2. The van der Waals surface area contributed by atoms with Gasteiger partial charge in [0.05, 0.1) is 0 Å². The van der Waals surface area contributed by atoms with Crippen molar-refractivity contribution in [3.05, 3.63) is 41.5 Å². The third-order valence-electron chi connectivity index (χ3n) is 13.5. The van der Waals surface area contributed by atoms with Gasteiger partial charge in [-0.1, -0.05) is 59.3 Å². The Labute approximate surface area is 247 Å². The molecule has 224 valence electrons. The van der Waals surface area contributed by atoms with Gasteiger partial charge in [-0.05, 0) is 139 Å².